The number of nitroso groups, excluding NO2 is 2. The van der Waals surface area contributed by atoms with Crippen molar-refractivity contribution < 1.29 is 9.47 Å². The van der Waals surface area contributed by atoms with Crippen LogP contribution in [0.2, 0.25) is 0 Å². The lowest BCUT2D eigenvalue weighted by molar-refractivity contribution is -0.0646. The lowest BCUT2D eigenvalue weighted by atomic mass is 10.4. The quantitative estimate of drug-likeness (QED) is 0.403. The summed E-state index contributed by atoms with van der Waals surface area (Å²) < 4.78 is 9.42. The molecule has 0 fully saturated rings. The highest BCUT2D eigenvalue weighted by Crippen LogP contribution is 1.93. The molecule has 0 aromatic carbocycles. The molecule has 0 aromatic heterocycles. The van der Waals surface area contributed by atoms with E-state index in [0.717, 1.165) is 0 Å². The van der Waals surface area contributed by atoms with Crippen molar-refractivity contribution in [2.24, 2.45) is 10.4 Å². The molecule has 0 amide bonds. The van der Waals surface area contributed by atoms with Gasteiger partial charge in [0.05, 0.1) is 0 Å². The van der Waals surface area contributed by atoms with Crippen LogP contribution in [0.15, 0.2) is 10.4 Å². The van der Waals surface area contributed by atoms with E-state index in [4.69, 9.17) is 4.74 Å². The largest absolute Gasteiger partial charge is 0.359 e. The molecule has 0 spiro atoms. The maximum absolute atomic E-state index is 9.74. The van der Waals surface area contributed by atoms with Gasteiger partial charge in [0.2, 0.25) is 0 Å². The van der Waals surface area contributed by atoms with Gasteiger partial charge in [-0.2, -0.15) is 9.81 Å². The minimum atomic E-state index is -0.551. The van der Waals surface area contributed by atoms with Crippen LogP contribution in [0, 0.1) is 9.81 Å². The van der Waals surface area contributed by atoms with Crippen LogP contribution in [0.1, 0.15) is 0 Å². The predicted molar refractivity (Wildman–Crippen MR) is 38.1 cm³/mol. The average molecular weight is 162 g/mol. The Labute approximate surface area is 63.8 Å². The minimum Gasteiger partial charge on any atom is -0.359 e. The Hall–Kier alpha value is -0.880. The maximum Gasteiger partial charge on any atom is 0.146 e. The lowest BCUT2D eigenvalue weighted by Crippen LogP contribution is -2.21. The molecule has 0 bridgehead atoms. The maximum atomic E-state index is 9.74. The molecule has 0 aliphatic rings. The van der Waals surface area contributed by atoms with E-state index in [1.807, 2.05) is 0 Å². The van der Waals surface area contributed by atoms with E-state index in [1.54, 1.807) is 0 Å². The Morgan fingerprint density at radius 2 is 1.82 bits per heavy atom. The first-order valence-electron chi connectivity index (χ1n) is 3.04. The zero-order valence-corrected chi connectivity index (χ0v) is 6.23. The van der Waals surface area contributed by atoms with Crippen LogP contribution in [-0.4, -0.2) is 33.1 Å². The van der Waals surface area contributed by atoms with Crippen LogP contribution < -0.4 is 0 Å². The van der Waals surface area contributed by atoms with Crippen molar-refractivity contribution >= 4 is 0 Å². The summed E-state index contributed by atoms with van der Waals surface area (Å²) in [5.74, 6) is 0. The summed E-state index contributed by atoms with van der Waals surface area (Å²) in [5.41, 5.74) is 0. The van der Waals surface area contributed by atoms with Gasteiger partial charge < -0.3 is 9.47 Å². The standard InChI is InChI=1S/C5H10N2O4/c1-10-4-11-5(2-6-8)3-7-9/h5H,2-4H2,1H3. The van der Waals surface area contributed by atoms with Gasteiger partial charge in [-0.1, -0.05) is 10.4 Å². The normalized spacial score (nSPS) is 10.0. The molecule has 0 unspecified atom stereocenters. The van der Waals surface area contributed by atoms with Gasteiger partial charge in [-0.3, -0.25) is 0 Å². The summed E-state index contributed by atoms with van der Waals surface area (Å²) in [6.07, 6.45) is -0.551. The molecule has 0 rings (SSSR count). The van der Waals surface area contributed by atoms with E-state index < -0.39 is 6.10 Å². The SMILES string of the molecule is COCOC(CN=O)CN=O. The second kappa shape index (κ2) is 7.23. The van der Waals surface area contributed by atoms with Gasteiger partial charge >= 0.3 is 0 Å². The molecule has 11 heavy (non-hydrogen) atoms. The molecular weight excluding hydrogens is 152 g/mol. The Kier molecular flexibility index (Phi) is 6.65. The van der Waals surface area contributed by atoms with E-state index in [2.05, 4.69) is 15.1 Å². The van der Waals surface area contributed by atoms with Crippen LogP contribution >= 0.6 is 0 Å². The molecule has 0 N–H and O–H groups in total. The second-order valence-corrected chi connectivity index (χ2v) is 1.82. The predicted octanol–water partition coefficient (Wildman–Crippen LogP) is 0.508. The molecule has 0 aliphatic heterocycles. The fourth-order valence-electron chi connectivity index (χ4n) is 0.494. The number of rotatable bonds is 7. The van der Waals surface area contributed by atoms with E-state index >= 15 is 0 Å². The Morgan fingerprint density at radius 3 is 2.18 bits per heavy atom. The zero-order chi connectivity index (χ0) is 8.53. The van der Waals surface area contributed by atoms with E-state index in [9.17, 15) is 9.81 Å². The molecule has 6 nitrogen and oxygen atoms in total. The van der Waals surface area contributed by atoms with Crippen molar-refractivity contribution in [2.45, 2.75) is 6.10 Å². The first kappa shape index (κ1) is 10.1. The third kappa shape index (κ3) is 5.56. The Morgan fingerprint density at radius 1 is 1.27 bits per heavy atom. The minimum absolute atomic E-state index is 0.0374. The topological polar surface area (TPSA) is 77.3 Å². The highest BCUT2D eigenvalue weighted by atomic mass is 16.7. The van der Waals surface area contributed by atoms with Crippen LogP contribution in [0.25, 0.3) is 0 Å². The molecule has 0 atom stereocenters. The van der Waals surface area contributed by atoms with Crippen LogP contribution in [-0.2, 0) is 9.47 Å². The van der Waals surface area contributed by atoms with Crippen molar-refractivity contribution in [1.82, 2.24) is 0 Å². The number of hydrogen-bond donors (Lipinski definition) is 0. The third-order valence-electron chi connectivity index (χ3n) is 0.978. The van der Waals surface area contributed by atoms with E-state index in [-0.39, 0.29) is 19.9 Å². The van der Waals surface area contributed by atoms with Crippen molar-refractivity contribution in [3.63, 3.8) is 0 Å². The van der Waals surface area contributed by atoms with Crippen molar-refractivity contribution in [3.05, 3.63) is 9.81 Å². The first-order chi connectivity index (χ1) is 5.35. The third-order valence-corrected chi connectivity index (χ3v) is 0.978. The average Bonchev–Trinajstić information content (AvgIpc) is 2.01. The first-order valence-corrected chi connectivity index (χ1v) is 3.04. The second-order valence-electron chi connectivity index (χ2n) is 1.82. The van der Waals surface area contributed by atoms with Crippen LogP contribution in [0.3, 0.4) is 0 Å². The number of ether oxygens (including phenoxy) is 2. The smallest absolute Gasteiger partial charge is 0.146 e. The van der Waals surface area contributed by atoms with Crippen molar-refractivity contribution in [1.29, 1.82) is 0 Å². The summed E-state index contributed by atoms with van der Waals surface area (Å²) in [4.78, 5) is 19.5. The molecule has 0 radical (unpaired) electrons. The molecule has 0 saturated heterocycles. The van der Waals surface area contributed by atoms with E-state index in [1.165, 1.54) is 7.11 Å². The highest BCUT2D eigenvalue weighted by Gasteiger charge is 2.08. The molecule has 0 saturated carbocycles. The van der Waals surface area contributed by atoms with Crippen molar-refractivity contribution in [3.8, 4) is 0 Å². The lowest BCUT2D eigenvalue weighted by Gasteiger charge is -2.08. The summed E-state index contributed by atoms with van der Waals surface area (Å²) in [6, 6.07) is 0. The van der Waals surface area contributed by atoms with Gasteiger partial charge in [-0.05, 0) is 0 Å². The summed E-state index contributed by atoms with van der Waals surface area (Å²) in [7, 11) is 1.44. The fourth-order valence-corrected chi connectivity index (χ4v) is 0.494. The summed E-state index contributed by atoms with van der Waals surface area (Å²) >= 11 is 0. The van der Waals surface area contributed by atoms with Crippen molar-refractivity contribution in [2.75, 3.05) is 27.0 Å². The molecule has 0 aromatic rings. The van der Waals surface area contributed by atoms with Gasteiger partial charge in [-0.25, -0.2) is 0 Å². The fraction of sp³-hybridized carbons (Fsp3) is 1.00. The van der Waals surface area contributed by atoms with Gasteiger partial charge in [0.15, 0.2) is 0 Å². The van der Waals surface area contributed by atoms with E-state index in [0.29, 0.717) is 0 Å². The van der Waals surface area contributed by atoms with Gasteiger partial charge in [0.1, 0.15) is 26.0 Å². The Balaban J connectivity index is 3.49. The zero-order valence-electron chi connectivity index (χ0n) is 6.23. The van der Waals surface area contributed by atoms with Gasteiger partial charge in [0, 0.05) is 7.11 Å². The van der Waals surface area contributed by atoms with Crippen LogP contribution in [0.4, 0.5) is 0 Å². The molecule has 0 heterocycles. The monoisotopic (exact) mass is 162 g/mol. The molecular formula is C5H10N2O4. The molecule has 64 valence electrons. The van der Waals surface area contributed by atoms with Gasteiger partial charge in [-0.15, -0.1) is 0 Å². The highest BCUT2D eigenvalue weighted by molar-refractivity contribution is 4.62. The van der Waals surface area contributed by atoms with Gasteiger partial charge in [0.25, 0.3) is 0 Å². The molecule has 6 heteroatoms. The number of nitrogens with zero attached hydrogens (tertiary/aromatic N) is 2. The molecule has 0 aliphatic carbocycles. The number of hydrogen-bond acceptors (Lipinski definition) is 6. The van der Waals surface area contributed by atoms with Crippen LogP contribution in [0.5, 0.6) is 0 Å². The summed E-state index contributed by atoms with van der Waals surface area (Å²) in [6.45, 7) is -0.111. The summed E-state index contributed by atoms with van der Waals surface area (Å²) in [5, 5.41) is 5.16. The number of methoxy groups -OCH3 is 1. The Bertz CT molecular complexity index is 109.